The molecule has 1 saturated carbocycles. The summed E-state index contributed by atoms with van der Waals surface area (Å²) < 4.78 is 5.46. The minimum Gasteiger partial charge on any atom is -0.495 e. The second-order valence-electron chi connectivity index (χ2n) is 7.10. The van der Waals surface area contributed by atoms with Crippen molar-refractivity contribution in [1.82, 2.24) is 10.2 Å². The number of amides is 2. The molecule has 0 radical (unpaired) electrons. The van der Waals surface area contributed by atoms with E-state index < -0.39 is 6.04 Å². The van der Waals surface area contributed by atoms with E-state index in [1.807, 2.05) is 35.4 Å². The second-order valence-corrected chi connectivity index (χ2v) is 8.09. The summed E-state index contributed by atoms with van der Waals surface area (Å²) in [7, 11) is 1.68. The Balaban J connectivity index is 1.58. The number of piperazine rings is 1. The molecule has 3 rings (SSSR count). The molecule has 0 spiro atoms. The lowest BCUT2D eigenvalue weighted by Crippen LogP contribution is -2.55. The normalized spacial score (nSPS) is 18.1. The van der Waals surface area contributed by atoms with Crippen LogP contribution in [-0.2, 0) is 9.59 Å². The maximum Gasteiger partial charge on any atom is 0.245 e. The number of nitrogens with one attached hydrogen (secondary N) is 1. The fourth-order valence-electron chi connectivity index (χ4n) is 3.41. The summed E-state index contributed by atoms with van der Waals surface area (Å²) in [6.07, 6.45) is 4.61. The maximum absolute atomic E-state index is 13.0. The predicted octanol–water partition coefficient (Wildman–Crippen LogP) is 1.99. The lowest BCUT2D eigenvalue weighted by Gasteiger charge is -2.38. The molecule has 1 N–H and O–H groups in total. The first-order chi connectivity index (χ1) is 13.1. The Morgan fingerprint density at radius 3 is 2.56 bits per heavy atom. The average molecular weight is 392 g/mol. The standard InChI is InChI=1S/C20H29N3O3S/c1-26-18-6-4-3-5-17(18)22-10-12-23(13-11-22)20(25)16(9-14-27-2)21-19(24)15-7-8-15/h3-6,15-16H,7-14H2,1-2H3,(H,21,24). The van der Waals surface area contributed by atoms with Crippen molar-refractivity contribution < 1.29 is 14.3 Å². The highest BCUT2D eigenvalue weighted by Gasteiger charge is 2.34. The molecule has 0 bridgehead atoms. The molecule has 7 heteroatoms. The van der Waals surface area contributed by atoms with Gasteiger partial charge in [0.1, 0.15) is 11.8 Å². The molecule has 2 amide bonds. The van der Waals surface area contributed by atoms with Gasteiger partial charge in [-0.3, -0.25) is 9.59 Å². The second kappa shape index (κ2) is 9.35. The summed E-state index contributed by atoms with van der Waals surface area (Å²) in [6, 6.07) is 7.57. The van der Waals surface area contributed by atoms with Crippen LogP contribution in [0, 0.1) is 5.92 Å². The monoisotopic (exact) mass is 391 g/mol. The Hall–Kier alpha value is -1.89. The van der Waals surface area contributed by atoms with Crippen molar-refractivity contribution in [2.45, 2.75) is 25.3 Å². The van der Waals surface area contributed by atoms with Crippen molar-refractivity contribution in [1.29, 1.82) is 0 Å². The number of hydrogen-bond donors (Lipinski definition) is 1. The van der Waals surface area contributed by atoms with Crippen LogP contribution < -0.4 is 15.0 Å². The van der Waals surface area contributed by atoms with Crippen LogP contribution in [0.25, 0.3) is 0 Å². The van der Waals surface area contributed by atoms with Gasteiger partial charge in [0.15, 0.2) is 0 Å². The first kappa shape index (κ1) is 19.9. The van der Waals surface area contributed by atoms with Gasteiger partial charge >= 0.3 is 0 Å². The van der Waals surface area contributed by atoms with Crippen LogP contribution in [0.1, 0.15) is 19.3 Å². The van der Waals surface area contributed by atoms with Gasteiger partial charge in [-0.15, -0.1) is 0 Å². The number of nitrogens with zero attached hydrogens (tertiary/aromatic N) is 2. The van der Waals surface area contributed by atoms with Gasteiger partial charge in [0.2, 0.25) is 11.8 Å². The number of para-hydroxylation sites is 2. The van der Waals surface area contributed by atoms with Crippen molar-refractivity contribution in [3.8, 4) is 5.75 Å². The molecule has 2 fully saturated rings. The van der Waals surface area contributed by atoms with Crippen LogP contribution in [0.3, 0.4) is 0 Å². The quantitative estimate of drug-likeness (QED) is 0.734. The van der Waals surface area contributed by atoms with Crippen molar-refractivity contribution in [2.24, 2.45) is 5.92 Å². The molecule has 1 unspecified atom stereocenters. The molecule has 1 aromatic rings. The van der Waals surface area contributed by atoms with Crippen LogP contribution >= 0.6 is 11.8 Å². The van der Waals surface area contributed by atoms with Gasteiger partial charge < -0.3 is 19.9 Å². The number of carbonyl (C=O) groups excluding carboxylic acids is 2. The van der Waals surface area contributed by atoms with E-state index in [0.717, 1.165) is 43.1 Å². The largest absolute Gasteiger partial charge is 0.495 e. The van der Waals surface area contributed by atoms with Crippen molar-refractivity contribution in [2.75, 3.05) is 50.2 Å². The third-order valence-corrected chi connectivity index (χ3v) is 5.83. The summed E-state index contributed by atoms with van der Waals surface area (Å²) in [5.74, 6) is 1.94. The predicted molar refractivity (Wildman–Crippen MR) is 109 cm³/mol. The first-order valence-electron chi connectivity index (χ1n) is 9.60. The minimum atomic E-state index is -0.400. The van der Waals surface area contributed by atoms with Gasteiger partial charge in [0.25, 0.3) is 0 Å². The van der Waals surface area contributed by atoms with E-state index >= 15 is 0 Å². The van der Waals surface area contributed by atoms with E-state index in [4.69, 9.17) is 4.74 Å². The topological polar surface area (TPSA) is 61.9 Å². The molecular weight excluding hydrogens is 362 g/mol. The lowest BCUT2D eigenvalue weighted by molar-refractivity contribution is -0.137. The van der Waals surface area contributed by atoms with E-state index in [2.05, 4.69) is 10.2 Å². The van der Waals surface area contributed by atoms with Crippen LogP contribution in [-0.4, -0.2) is 68.1 Å². The molecule has 1 atom stereocenters. The number of carbonyl (C=O) groups is 2. The van der Waals surface area contributed by atoms with Gasteiger partial charge in [-0.2, -0.15) is 11.8 Å². The summed E-state index contributed by atoms with van der Waals surface area (Å²) >= 11 is 1.70. The Morgan fingerprint density at radius 1 is 1.22 bits per heavy atom. The first-order valence-corrected chi connectivity index (χ1v) is 11.0. The third-order valence-electron chi connectivity index (χ3n) is 5.19. The molecule has 0 aromatic heterocycles. The van der Waals surface area contributed by atoms with Crippen LogP contribution in [0.15, 0.2) is 24.3 Å². The van der Waals surface area contributed by atoms with Gasteiger partial charge in [-0.25, -0.2) is 0 Å². The van der Waals surface area contributed by atoms with Crippen molar-refractivity contribution in [3.05, 3.63) is 24.3 Å². The number of ether oxygens (including phenoxy) is 1. The number of methoxy groups -OCH3 is 1. The summed E-state index contributed by atoms with van der Waals surface area (Å²) in [5.41, 5.74) is 1.06. The number of anilines is 1. The lowest BCUT2D eigenvalue weighted by atomic mass is 10.1. The number of thioether (sulfide) groups is 1. The Bertz CT molecular complexity index is 658. The molecular formula is C20H29N3O3S. The number of hydrogen-bond acceptors (Lipinski definition) is 5. The molecule has 1 aliphatic heterocycles. The fraction of sp³-hybridized carbons (Fsp3) is 0.600. The number of benzene rings is 1. The average Bonchev–Trinajstić information content (AvgIpc) is 3.56. The van der Waals surface area contributed by atoms with E-state index in [0.29, 0.717) is 19.5 Å². The minimum absolute atomic E-state index is 0.0436. The molecule has 1 heterocycles. The fourth-order valence-corrected chi connectivity index (χ4v) is 3.88. The molecule has 148 valence electrons. The van der Waals surface area contributed by atoms with Crippen molar-refractivity contribution in [3.63, 3.8) is 0 Å². The smallest absolute Gasteiger partial charge is 0.245 e. The van der Waals surface area contributed by atoms with E-state index in [9.17, 15) is 9.59 Å². The summed E-state index contributed by atoms with van der Waals surface area (Å²) in [4.78, 5) is 29.3. The van der Waals surface area contributed by atoms with Crippen LogP contribution in [0.2, 0.25) is 0 Å². The molecule has 1 aliphatic carbocycles. The zero-order chi connectivity index (χ0) is 19.2. The van der Waals surface area contributed by atoms with Gasteiger partial charge in [0, 0.05) is 32.1 Å². The Kier molecular flexibility index (Phi) is 6.88. The Labute approximate surface area is 165 Å². The van der Waals surface area contributed by atoms with E-state index in [1.54, 1.807) is 18.9 Å². The maximum atomic E-state index is 13.0. The van der Waals surface area contributed by atoms with E-state index in [1.165, 1.54) is 0 Å². The molecule has 1 aromatic carbocycles. The van der Waals surface area contributed by atoms with Crippen LogP contribution in [0.4, 0.5) is 5.69 Å². The highest BCUT2D eigenvalue weighted by molar-refractivity contribution is 7.98. The zero-order valence-corrected chi connectivity index (χ0v) is 17.0. The molecule has 27 heavy (non-hydrogen) atoms. The molecule has 2 aliphatic rings. The summed E-state index contributed by atoms with van der Waals surface area (Å²) in [6.45, 7) is 2.84. The highest BCUT2D eigenvalue weighted by atomic mass is 32.2. The number of rotatable bonds is 8. The SMILES string of the molecule is COc1ccccc1N1CCN(C(=O)C(CCSC)NC(=O)C2CC2)CC1. The van der Waals surface area contributed by atoms with Crippen LogP contribution in [0.5, 0.6) is 5.75 Å². The van der Waals surface area contributed by atoms with Gasteiger partial charge in [-0.1, -0.05) is 12.1 Å². The third kappa shape index (κ3) is 5.09. The van der Waals surface area contributed by atoms with Crippen molar-refractivity contribution >= 4 is 29.3 Å². The van der Waals surface area contributed by atoms with E-state index in [-0.39, 0.29) is 17.7 Å². The highest BCUT2D eigenvalue weighted by Crippen LogP contribution is 2.30. The molecule has 6 nitrogen and oxygen atoms in total. The van der Waals surface area contributed by atoms with Gasteiger partial charge in [-0.05, 0) is 43.4 Å². The zero-order valence-electron chi connectivity index (χ0n) is 16.1. The van der Waals surface area contributed by atoms with Gasteiger partial charge in [0.05, 0.1) is 12.8 Å². The Morgan fingerprint density at radius 2 is 1.93 bits per heavy atom. The summed E-state index contributed by atoms with van der Waals surface area (Å²) in [5, 5.41) is 2.99. The molecule has 1 saturated heterocycles.